The molecular formula is C43H70N2O2. The first-order chi connectivity index (χ1) is 22.7. The van der Waals surface area contributed by atoms with Crippen LogP contribution < -0.4 is 0 Å². The summed E-state index contributed by atoms with van der Waals surface area (Å²) in [5.74, 6) is 2.76. The van der Waals surface area contributed by atoms with Gasteiger partial charge in [-0.05, 0) is 110 Å². The van der Waals surface area contributed by atoms with Crippen molar-refractivity contribution in [3.8, 4) is 0 Å². The highest BCUT2D eigenvalue weighted by molar-refractivity contribution is 5.94. The van der Waals surface area contributed by atoms with E-state index in [9.17, 15) is 9.59 Å². The summed E-state index contributed by atoms with van der Waals surface area (Å²) in [5.41, 5.74) is 2.70. The first kappa shape index (κ1) is 36.4. The molecule has 0 N–H and O–H groups in total. The van der Waals surface area contributed by atoms with E-state index in [1.165, 1.54) is 108 Å². The second kappa shape index (κ2) is 16.7. The molecule has 7 atom stereocenters. The predicted octanol–water partition coefficient (Wildman–Crippen LogP) is 11.0. The van der Waals surface area contributed by atoms with Gasteiger partial charge in [0.1, 0.15) is 0 Å². The monoisotopic (exact) mass is 647 g/mol. The lowest BCUT2D eigenvalue weighted by Gasteiger charge is -2.62. The molecule has 1 heterocycles. The summed E-state index contributed by atoms with van der Waals surface area (Å²) in [6.45, 7) is 10.6. The van der Waals surface area contributed by atoms with Gasteiger partial charge < -0.3 is 9.80 Å². The number of hydrogen-bond donors (Lipinski definition) is 0. The molecule has 4 heteroatoms. The molecule has 0 radical (unpaired) electrons. The molecule has 5 rings (SSSR count). The summed E-state index contributed by atoms with van der Waals surface area (Å²) < 4.78 is 0. The van der Waals surface area contributed by atoms with E-state index in [0.717, 1.165) is 56.6 Å². The highest BCUT2D eigenvalue weighted by atomic mass is 16.2. The fraction of sp³-hybridized carbons (Fsp3) is 0.814. The predicted molar refractivity (Wildman–Crippen MR) is 197 cm³/mol. The van der Waals surface area contributed by atoms with Crippen molar-refractivity contribution in [3.05, 3.63) is 35.4 Å². The van der Waals surface area contributed by atoms with Gasteiger partial charge in [0.05, 0.1) is 0 Å². The van der Waals surface area contributed by atoms with Crippen molar-refractivity contribution in [2.24, 2.45) is 28.6 Å². The molecule has 264 valence electrons. The van der Waals surface area contributed by atoms with Crippen molar-refractivity contribution >= 4 is 11.8 Å². The van der Waals surface area contributed by atoms with Gasteiger partial charge in [-0.1, -0.05) is 110 Å². The van der Waals surface area contributed by atoms with E-state index in [-0.39, 0.29) is 16.7 Å². The smallest absolute Gasteiger partial charge is 0.254 e. The normalized spacial score (nSPS) is 31.7. The average molecular weight is 647 g/mol. The number of benzene rings is 1. The molecule has 0 aromatic heterocycles. The van der Waals surface area contributed by atoms with Crippen LogP contribution in [-0.2, 0) is 11.2 Å². The maximum atomic E-state index is 14.5. The molecule has 1 aromatic carbocycles. The molecule has 1 saturated heterocycles. The summed E-state index contributed by atoms with van der Waals surface area (Å²) in [4.78, 5) is 31.7. The first-order valence-corrected chi connectivity index (χ1v) is 20.4. The van der Waals surface area contributed by atoms with E-state index < -0.39 is 0 Å². The number of fused-ring (bicyclic) bond motifs is 5. The lowest BCUT2D eigenvalue weighted by molar-refractivity contribution is -0.158. The average Bonchev–Trinajstić information content (AvgIpc) is 3.43. The minimum absolute atomic E-state index is 0.189. The number of carbonyl (C=O) groups excluding carboxylic acids is 2. The third-order valence-electron chi connectivity index (χ3n) is 14.2. The number of unbranched alkanes of at least 4 members (excludes halogenated alkanes) is 11. The molecule has 3 aliphatic carbocycles. The zero-order valence-electron chi connectivity index (χ0n) is 31.2. The van der Waals surface area contributed by atoms with Gasteiger partial charge in [0.25, 0.3) is 5.91 Å². The van der Waals surface area contributed by atoms with Crippen molar-refractivity contribution in [1.82, 2.24) is 9.80 Å². The molecule has 0 bridgehead atoms. The Bertz CT molecular complexity index is 1150. The second-order valence-electron chi connectivity index (χ2n) is 17.0. The van der Waals surface area contributed by atoms with Gasteiger partial charge in [0.2, 0.25) is 5.91 Å². The van der Waals surface area contributed by atoms with Crippen LogP contribution in [0.4, 0.5) is 0 Å². The molecule has 4 aliphatic rings. The van der Waals surface area contributed by atoms with Gasteiger partial charge >= 0.3 is 0 Å². The van der Waals surface area contributed by atoms with Crippen LogP contribution in [0.15, 0.2) is 24.3 Å². The Balaban J connectivity index is 1.28. The van der Waals surface area contributed by atoms with Crippen LogP contribution in [-0.4, -0.2) is 47.3 Å². The number of amides is 2. The fourth-order valence-electron chi connectivity index (χ4n) is 11.4. The molecule has 4 nitrogen and oxygen atoms in total. The van der Waals surface area contributed by atoms with Gasteiger partial charge in [-0.3, -0.25) is 9.59 Å². The molecule has 1 aromatic rings. The maximum Gasteiger partial charge on any atom is 0.254 e. The largest absolute Gasteiger partial charge is 0.342 e. The van der Waals surface area contributed by atoms with Crippen molar-refractivity contribution in [2.45, 2.75) is 181 Å². The van der Waals surface area contributed by atoms with E-state index in [2.05, 4.69) is 68.8 Å². The summed E-state index contributed by atoms with van der Waals surface area (Å²) in [5, 5.41) is 0. The highest BCUT2D eigenvalue weighted by Gasteiger charge is 2.62. The summed E-state index contributed by atoms with van der Waals surface area (Å²) in [7, 11) is 2.07. The van der Waals surface area contributed by atoms with Crippen molar-refractivity contribution in [3.63, 3.8) is 0 Å². The molecular weight excluding hydrogens is 576 g/mol. The second-order valence-corrected chi connectivity index (χ2v) is 17.0. The highest BCUT2D eigenvalue weighted by Crippen LogP contribution is 2.65. The molecule has 0 unspecified atom stereocenters. The molecule has 3 saturated carbocycles. The number of hydrogen-bond acceptors (Lipinski definition) is 2. The maximum absolute atomic E-state index is 14.5. The lowest BCUT2D eigenvalue weighted by atomic mass is 9.47. The number of piperidine rings is 1. The van der Waals surface area contributed by atoms with Crippen LogP contribution in [0.5, 0.6) is 0 Å². The van der Waals surface area contributed by atoms with Crippen molar-refractivity contribution in [2.75, 3.05) is 13.6 Å². The Morgan fingerprint density at radius 3 is 2.04 bits per heavy atom. The van der Waals surface area contributed by atoms with E-state index in [1.807, 2.05) is 0 Å². The van der Waals surface area contributed by atoms with Crippen LogP contribution in [0.25, 0.3) is 0 Å². The fourth-order valence-corrected chi connectivity index (χ4v) is 11.4. The van der Waals surface area contributed by atoms with Gasteiger partial charge in [0, 0.05) is 37.7 Å². The van der Waals surface area contributed by atoms with Crippen LogP contribution in [0.3, 0.4) is 0 Å². The Labute approximate surface area is 289 Å². The van der Waals surface area contributed by atoms with E-state index in [0.29, 0.717) is 29.8 Å². The molecule has 1 aliphatic heterocycles. The summed E-state index contributed by atoms with van der Waals surface area (Å²) in [6.07, 6.45) is 27.1. The topological polar surface area (TPSA) is 40.6 Å². The van der Waals surface area contributed by atoms with E-state index >= 15 is 0 Å². The third-order valence-corrected chi connectivity index (χ3v) is 14.2. The van der Waals surface area contributed by atoms with Gasteiger partial charge in [0.15, 0.2) is 0 Å². The number of rotatable bonds is 17. The number of carbonyl (C=O) groups is 2. The van der Waals surface area contributed by atoms with E-state index in [4.69, 9.17) is 0 Å². The Kier molecular flexibility index (Phi) is 13.0. The zero-order valence-corrected chi connectivity index (χ0v) is 31.2. The Hall–Kier alpha value is -1.84. The first-order valence-electron chi connectivity index (χ1n) is 20.4. The molecule has 47 heavy (non-hydrogen) atoms. The Morgan fingerprint density at radius 2 is 1.36 bits per heavy atom. The summed E-state index contributed by atoms with van der Waals surface area (Å²) in [6, 6.07) is 9.49. The van der Waals surface area contributed by atoms with Crippen molar-refractivity contribution in [1.29, 1.82) is 0 Å². The minimum Gasteiger partial charge on any atom is -0.342 e. The zero-order chi connectivity index (χ0) is 33.4. The van der Waals surface area contributed by atoms with Gasteiger partial charge in [-0.25, -0.2) is 0 Å². The standard InChI is InChI=1S/C43H70N2O2/c1-6-8-10-12-13-14-16-18-32-45(41(47)34-22-20-33(21-23-34)19-17-15-11-9-7-2)39-27-25-36-35-24-26-38-42(3,31-29-40(46)44(38)5)37(35)28-30-43(36,39)4/h20-23,35-39H,6-19,24-32H2,1-5H3/t35-,36-,37-,38+,39-,42+,43-/m0/s1. The molecule has 2 amide bonds. The lowest BCUT2D eigenvalue weighted by Crippen LogP contribution is -2.62. The van der Waals surface area contributed by atoms with Crippen molar-refractivity contribution < 1.29 is 9.59 Å². The molecule has 0 spiro atoms. The van der Waals surface area contributed by atoms with Crippen LogP contribution in [0.2, 0.25) is 0 Å². The van der Waals surface area contributed by atoms with Gasteiger partial charge in [-0.15, -0.1) is 0 Å². The number of aryl methyl sites for hydroxylation is 1. The SMILES string of the molecule is CCCCCCCCCCN(C(=O)c1ccc(CCCCCCC)cc1)[C@H]1CC[C@H]2[C@@H]3CC[C@H]4N(C)C(=O)CC[C@]4(C)[C@H]3CC[C@]12C. The summed E-state index contributed by atoms with van der Waals surface area (Å²) >= 11 is 0. The van der Waals surface area contributed by atoms with Gasteiger partial charge in [-0.2, -0.15) is 0 Å². The van der Waals surface area contributed by atoms with Crippen LogP contribution in [0, 0.1) is 28.6 Å². The number of nitrogens with zero attached hydrogens (tertiary/aromatic N) is 2. The number of likely N-dealkylation sites (tertiary alicyclic amines) is 1. The quantitative estimate of drug-likeness (QED) is 0.158. The van der Waals surface area contributed by atoms with Crippen LogP contribution >= 0.6 is 0 Å². The van der Waals surface area contributed by atoms with Crippen LogP contribution in [0.1, 0.15) is 178 Å². The molecule has 4 fully saturated rings. The Morgan fingerprint density at radius 1 is 0.745 bits per heavy atom. The third kappa shape index (κ3) is 7.98. The van der Waals surface area contributed by atoms with E-state index in [1.54, 1.807) is 0 Å². The minimum atomic E-state index is 0.189.